The van der Waals surface area contributed by atoms with Crippen molar-refractivity contribution in [2.45, 2.75) is 37.8 Å². The van der Waals surface area contributed by atoms with Crippen LogP contribution in [-0.2, 0) is 0 Å². The molecular formula is C13H16BrClN2O2. The predicted molar refractivity (Wildman–Crippen MR) is 79.6 cm³/mol. The molecule has 0 radical (unpaired) electrons. The summed E-state index contributed by atoms with van der Waals surface area (Å²) in [4.78, 5) is 11.9. The number of carbonyl (C=O) groups excluding carboxylic acids is 1. The lowest BCUT2D eigenvalue weighted by Gasteiger charge is -2.26. The van der Waals surface area contributed by atoms with Gasteiger partial charge in [-0.25, -0.2) is 4.79 Å². The number of anilines is 1. The number of rotatable bonds is 2. The molecule has 1 aromatic rings. The number of halogens is 2. The van der Waals surface area contributed by atoms with Crippen molar-refractivity contribution in [1.82, 2.24) is 5.32 Å². The summed E-state index contributed by atoms with van der Waals surface area (Å²) in [7, 11) is 0. The lowest BCUT2D eigenvalue weighted by atomic mass is 9.93. The summed E-state index contributed by atoms with van der Waals surface area (Å²) in [5, 5.41) is 15.7. The van der Waals surface area contributed by atoms with Crippen molar-refractivity contribution in [1.29, 1.82) is 0 Å². The molecule has 6 heteroatoms. The molecule has 0 aliphatic heterocycles. The number of urea groups is 1. The fraction of sp³-hybridized carbons (Fsp3) is 0.462. The maximum Gasteiger partial charge on any atom is 0.319 e. The second-order valence-corrected chi connectivity index (χ2v) is 6.02. The molecular weight excluding hydrogens is 332 g/mol. The van der Waals surface area contributed by atoms with E-state index < -0.39 is 0 Å². The lowest BCUT2D eigenvalue weighted by molar-refractivity contribution is 0.118. The van der Waals surface area contributed by atoms with E-state index in [2.05, 4.69) is 26.6 Å². The summed E-state index contributed by atoms with van der Waals surface area (Å²) in [5.74, 6) is 0. The van der Waals surface area contributed by atoms with Crippen LogP contribution in [0.1, 0.15) is 25.7 Å². The van der Waals surface area contributed by atoms with Gasteiger partial charge in [0, 0.05) is 15.5 Å². The Balaban J connectivity index is 1.87. The molecule has 2 amide bonds. The maximum atomic E-state index is 11.9. The molecule has 4 nitrogen and oxygen atoms in total. The number of carbonyl (C=O) groups is 1. The van der Waals surface area contributed by atoms with Gasteiger partial charge in [-0.1, -0.05) is 11.6 Å². The minimum Gasteiger partial charge on any atom is -0.393 e. The van der Waals surface area contributed by atoms with Gasteiger partial charge in [-0.2, -0.15) is 0 Å². The van der Waals surface area contributed by atoms with Gasteiger partial charge in [-0.3, -0.25) is 0 Å². The third kappa shape index (κ3) is 4.37. The highest BCUT2D eigenvalue weighted by atomic mass is 79.9. The van der Waals surface area contributed by atoms with Crippen molar-refractivity contribution in [3.05, 3.63) is 27.7 Å². The number of nitrogens with one attached hydrogen (secondary N) is 2. The molecule has 0 heterocycles. The number of benzene rings is 1. The van der Waals surface area contributed by atoms with Gasteiger partial charge in [0.25, 0.3) is 0 Å². The molecule has 3 N–H and O–H groups in total. The normalized spacial score (nSPS) is 22.9. The summed E-state index contributed by atoms with van der Waals surface area (Å²) in [6.07, 6.45) is 2.91. The smallest absolute Gasteiger partial charge is 0.319 e. The molecule has 1 aliphatic carbocycles. The highest BCUT2D eigenvalue weighted by molar-refractivity contribution is 9.10. The third-order valence-corrected chi connectivity index (χ3v) is 4.10. The second kappa shape index (κ2) is 6.59. The fourth-order valence-corrected chi connectivity index (χ4v) is 2.94. The van der Waals surface area contributed by atoms with Crippen molar-refractivity contribution in [2.24, 2.45) is 0 Å². The standard InChI is InChI=1S/C13H16BrClN2O2/c14-11-7-8(15)1-6-12(11)17-13(19)16-9-2-4-10(18)5-3-9/h1,6-7,9-10,18H,2-5H2,(H2,16,17,19). The van der Waals surface area contributed by atoms with Crippen molar-refractivity contribution >= 4 is 39.2 Å². The van der Waals surface area contributed by atoms with E-state index in [9.17, 15) is 9.90 Å². The van der Waals surface area contributed by atoms with E-state index in [1.807, 2.05) is 0 Å². The number of hydrogen-bond acceptors (Lipinski definition) is 2. The molecule has 1 aliphatic rings. The van der Waals surface area contributed by atoms with Crippen LogP contribution in [0.15, 0.2) is 22.7 Å². The summed E-state index contributed by atoms with van der Waals surface area (Å²) in [6.45, 7) is 0. The van der Waals surface area contributed by atoms with Gasteiger partial charge in [-0.05, 0) is 59.8 Å². The lowest BCUT2D eigenvalue weighted by Crippen LogP contribution is -2.40. The van der Waals surface area contributed by atoms with Crippen molar-refractivity contribution in [3.8, 4) is 0 Å². The van der Waals surface area contributed by atoms with Gasteiger partial charge < -0.3 is 15.7 Å². The average molecular weight is 348 g/mol. The van der Waals surface area contributed by atoms with Crippen LogP contribution in [0.4, 0.5) is 10.5 Å². The molecule has 104 valence electrons. The Morgan fingerprint density at radius 2 is 2.00 bits per heavy atom. The van der Waals surface area contributed by atoms with Gasteiger partial charge in [0.1, 0.15) is 0 Å². The first-order valence-electron chi connectivity index (χ1n) is 6.25. The minimum atomic E-state index is -0.232. The third-order valence-electron chi connectivity index (χ3n) is 3.21. The van der Waals surface area contributed by atoms with Gasteiger partial charge in [0.15, 0.2) is 0 Å². The molecule has 0 aromatic heterocycles. The van der Waals surface area contributed by atoms with E-state index >= 15 is 0 Å². The predicted octanol–water partition coefficient (Wildman–Crippen LogP) is 3.53. The van der Waals surface area contributed by atoms with Gasteiger partial charge in [0.2, 0.25) is 0 Å². The first kappa shape index (κ1) is 14.6. The van der Waals surface area contributed by atoms with Crippen LogP contribution in [0.25, 0.3) is 0 Å². The number of amides is 2. The highest BCUT2D eigenvalue weighted by Crippen LogP contribution is 2.26. The summed E-state index contributed by atoms with van der Waals surface area (Å²) in [5.41, 5.74) is 0.678. The zero-order chi connectivity index (χ0) is 13.8. The Hall–Kier alpha value is -0.780. The topological polar surface area (TPSA) is 61.4 Å². The molecule has 1 fully saturated rings. The first-order valence-corrected chi connectivity index (χ1v) is 7.42. The number of hydrogen-bond donors (Lipinski definition) is 3. The fourth-order valence-electron chi connectivity index (χ4n) is 2.15. The van der Waals surface area contributed by atoms with E-state index in [0.29, 0.717) is 10.7 Å². The number of aliphatic hydroxyl groups excluding tert-OH is 1. The van der Waals surface area contributed by atoms with Crippen LogP contribution >= 0.6 is 27.5 Å². The van der Waals surface area contributed by atoms with E-state index in [4.69, 9.17) is 11.6 Å². The van der Waals surface area contributed by atoms with Crippen LogP contribution in [0.2, 0.25) is 5.02 Å². The molecule has 1 aromatic carbocycles. The Kier molecular flexibility index (Phi) is 5.07. The highest BCUT2D eigenvalue weighted by Gasteiger charge is 2.20. The van der Waals surface area contributed by atoms with E-state index in [1.54, 1.807) is 18.2 Å². The minimum absolute atomic E-state index is 0.134. The Morgan fingerprint density at radius 1 is 1.32 bits per heavy atom. The largest absolute Gasteiger partial charge is 0.393 e. The second-order valence-electron chi connectivity index (χ2n) is 4.73. The van der Waals surface area contributed by atoms with Crippen LogP contribution in [0.3, 0.4) is 0 Å². The molecule has 0 spiro atoms. The Labute approximate surface area is 125 Å². The molecule has 0 atom stereocenters. The summed E-state index contributed by atoms with van der Waals surface area (Å²) < 4.78 is 0.745. The zero-order valence-corrected chi connectivity index (χ0v) is 12.7. The maximum absolute atomic E-state index is 11.9. The van der Waals surface area contributed by atoms with E-state index in [0.717, 1.165) is 30.2 Å². The number of aliphatic hydroxyl groups is 1. The average Bonchev–Trinajstić information content (AvgIpc) is 2.36. The molecule has 2 rings (SSSR count). The first-order chi connectivity index (χ1) is 9.04. The SMILES string of the molecule is O=C(Nc1ccc(Cl)cc1Br)NC1CCC(O)CC1. The zero-order valence-electron chi connectivity index (χ0n) is 10.3. The van der Waals surface area contributed by atoms with Crippen LogP contribution in [-0.4, -0.2) is 23.3 Å². The van der Waals surface area contributed by atoms with E-state index in [1.165, 1.54) is 0 Å². The van der Waals surface area contributed by atoms with Crippen molar-refractivity contribution < 1.29 is 9.90 Å². The van der Waals surface area contributed by atoms with Gasteiger partial charge >= 0.3 is 6.03 Å². The molecule has 0 bridgehead atoms. The quantitative estimate of drug-likeness (QED) is 0.766. The molecule has 0 unspecified atom stereocenters. The van der Waals surface area contributed by atoms with E-state index in [-0.39, 0.29) is 18.2 Å². The summed E-state index contributed by atoms with van der Waals surface area (Å²) >= 11 is 9.19. The molecule has 1 saturated carbocycles. The van der Waals surface area contributed by atoms with Crippen LogP contribution < -0.4 is 10.6 Å². The van der Waals surface area contributed by atoms with Crippen molar-refractivity contribution in [3.63, 3.8) is 0 Å². The van der Waals surface area contributed by atoms with Crippen molar-refractivity contribution in [2.75, 3.05) is 5.32 Å². The van der Waals surface area contributed by atoms with Crippen LogP contribution in [0, 0.1) is 0 Å². The Morgan fingerprint density at radius 3 is 2.63 bits per heavy atom. The molecule has 0 saturated heterocycles. The Bertz CT molecular complexity index is 462. The van der Waals surface area contributed by atoms with Gasteiger partial charge in [0.05, 0.1) is 11.8 Å². The van der Waals surface area contributed by atoms with Crippen LogP contribution in [0.5, 0.6) is 0 Å². The van der Waals surface area contributed by atoms with Gasteiger partial charge in [-0.15, -0.1) is 0 Å². The molecule has 19 heavy (non-hydrogen) atoms. The monoisotopic (exact) mass is 346 g/mol. The summed E-state index contributed by atoms with van der Waals surface area (Å²) in [6, 6.07) is 5.10.